The molecule has 0 spiro atoms. The number of H-pyrrole nitrogens is 2. The van der Waals surface area contributed by atoms with Gasteiger partial charge in [-0.2, -0.15) is 0 Å². The zero-order chi connectivity index (χ0) is 26.3. The third-order valence-electron chi connectivity index (χ3n) is 8.24. The third kappa shape index (κ3) is 4.73. The van der Waals surface area contributed by atoms with Crippen LogP contribution in [-0.2, 0) is 6.42 Å². The summed E-state index contributed by atoms with van der Waals surface area (Å²) in [6.07, 6.45) is 5.10. The lowest BCUT2D eigenvalue weighted by Crippen LogP contribution is -2.29. The Kier molecular flexibility index (Phi) is 6.18. The second kappa shape index (κ2) is 9.99. The van der Waals surface area contributed by atoms with Crippen molar-refractivity contribution in [1.82, 2.24) is 14.9 Å². The average Bonchev–Trinajstić information content (AvgIpc) is 3.62. The summed E-state index contributed by atoms with van der Waals surface area (Å²) in [7, 11) is 2.21. The van der Waals surface area contributed by atoms with Gasteiger partial charge in [-0.3, -0.25) is 4.79 Å². The van der Waals surface area contributed by atoms with Crippen molar-refractivity contribution in [1.29, 1.82) is 0 Å². The van der Waals surface area contributed by atoms with Gasteiger partial charge in [0.2, 0.25) is 0 Å². The van der Waals surface area contributed by atoms with Gasteiger partial charge in [-0.1, -0.05) is 66.7 Å². The molecule has 39 heavy (non-hydrogen) atoms. The Morgan fingerprint density at radius 1 is 0.897 bits per heavy atom. The number of hydrogen-bond acceptors (Lipinski definition) is 3. The molecule has 4 nitrogen and oxygen atoms in total. The van der Waals surface area contributed by atoms with Crippen LogP contribution in [0.3, 0.4) is 0 Å². The van der Waals surface area contributed by atoms with E-state index in [0.717, 1.165) is 38.2 Å². The van der Waals surface area contributed by atoms with E-state index in [1.54, 1.807) is 11.3 Å². The number of pyridine rings is 1. The molecule has 6 aromatic rings. The summed E-state index contributed by atoms with van der Waals surface area (Å²) in [5.74, 6) is 0.648. The van der Waals surface area contributed by atoms with Crippen LogP contribution in [0, 0.1) is 0 Å². The first kappa shape index (κ1) is 24.1. The van der Waals surface area contributed by atoms with E-state index in [2.05, 4.69) is 107 Å². The predicted molar refractivity (Wildman–Crippen MR) is 164 cm³/mol. The molecular formula is C34H31N3OS. The summed E-state index contributed by atoms with van der Waals surface area (Å²) in [5, 5.41) is 2.27. The Morgan fingerprint density at radius 2 is 1.64 bits per heavy atom. The second-order valence-corrected chi connectivity index (χ2v) is 11.9. The molecule has 1 aliphatic heterocycles. The molecule has 7 rings (SSSR count). The molecule has 4 heterocycles. The van der Waals surface area contributed by atoms with Crippen LogP contribution < -0.4 is 5.56 Å². The van der Waals surface area contributed by atoms with Crippen molar-refractivity contribution in [3.8, 4) is 21.7 Å². The fourth-order valence-corrected chi connectivity index (χ4v) is 7.00. The molecular weight excluding hydrogens is 498 g/mol. The largest absolute Gasteiger partial charge is 0.355 e. The van der Waals surface area contributed by atoms with Crippen molar-refractivity contribution in [3.63, 3.8) is 0 Å². The van der Waals surface area contributed by atoms with E-state index < -0.39 is 0 Å². The normalized spacial score (nSPS) is 14.9. The fourth-order valence-electron chi connectivity index (χ4n) is 5.90. The molecule has 5 heteroatoms. The number of hydrogen-bond donors (Lipinski definition) is 2. The second-order valence-electron chi connectivity index (χ2n) is 10.8. The highest BCUT2D eigenvalue weighted by atomic mass is 32.1. The van der Waals surface area contributed by atoms with Crippen molar-refractivity contribution in [3.05, 3.63) is 118 Å². The van der Waals surface area contributed by atoms with E-state index >= 15 is 0 Å². The molecule has 3 aromatic heterocycles. The first-order valence-electron chi connectivity index (χ1n) is 13.7. The highest BCUT2D eigenvalue weighted by Crippen LogP contribution is 2.36. The Morgan fingerprint density at radius 3 is 2.41 bits per heavy atom. The number of thiophene rings is 1. The highest BCUT2D eigenvalue weighted by molar-refractivity contribution is 7.22. The Labute approximate surface area is 232 Å². The van der Waals surface area contributed by atoms with Crippen molar-refractivity contribution in [2.75, 3.05) is 20.1 Å². The highest BCUT2D eigenvalue weighted by Gasteiger charge is 2.19. The molecule has 0 unspecified atom stereocenters. The van der Waals surface area contributed by atoms with Crippen molar-refractivity contribution >= 4 is 32.3 Å². The number of nitrogens with one attached hydrogen (secondary N) is 2. The van der Waals surface area contributed by atoms with E-state index in [0.29, 0.717) is 5.92 Å². The maximum absolute atomic E-state index is 12.7. The SMILES string of the molecule is CN1CCC(c2ccc(-c3cc4c(Cc5ccc(-c6cc7ccccc7[nH]6)cc5)c[nH]c(=O)c4s3)cc2)CC1. The number of nitrogens with zero attached hydrogens (tertiary/aromatic N) is 1. The third-order valence-corrected chi connectivity index (χ3v) is 9.42. The first-order valence-corrected chi connectivity index (χ1v) is 14.5. The number of para-hydroxylation sites is 1. The monoisotopic (exact) mass is 529 g/mol. The molecule has 1 aliphatic rings. The number of rotatable bonds is 5. The van der Waals surface area contributed by atoms with E-state index in [9.17, 15) is 4.79 Å². The number of fused-ring (bicyclic) bond motifs is 2. The summed E-state index contributed by atoms with van der Waals surface area (Å²) < 4.78 is 0.802. The van der Waals surface area contributed by atoms with E-state index in [-0.39, 0.29) is 5.56 Å². The lowest BCUT2D eigenvalue weighted by molar-refractivity contribution is 0.255. The minimum atomic E-state index is -0.0119. The number of aromatic amines is 2. The summed E-state index contributed by atoms with van der Waals surface area (Å²) in [6.45, 7) is 2.33. The molecule has 0 saturated carbocycles. The number of piperidine rings is 1. The number of aromatic nitrogens is 2. The average molecular weight is 530 g/mol. The van der Waals surface area contributed by atoms with Crippen LogP contribution in [0.15, 0.2) is 95.9 Å². The van der Waals surface area contributed by atoms with Crippen LogP contribution in [0.25, 0.3) is 42.7 Å². The van der Waals surface area contributed by atoms with Gasteiger partial charge in [0, 0.05) is 33.1 Å². The van der Waals surface area contributed by atoms with Crippen LogP contribution in [0.4, 0.5) is 0 Å². The maximum Gasteiger partial charge on any atom is 0.265 e. The van der Waals surface area contributed by atoms with Crippen LogP contribution >= 0.6 is 11.3 Å². The minimum Gasteiger partial charge on any atom is -0.355 e. The van der Waals surface area contributed by atoms with Gasteiger partial charge in [0.1, 0.15) is 4.70 Å². The van der Waals surface area contributed by atoms with Gasteiger partial charge in [0.15, 0.2) is 0 Å². The Balaban J connectivity index is 1.14. The van der Waals surface area contributed by atoms with Gasteiger partial charge >= 0.3 is 0 Å². The molecule has 0 bridgehead atoms. The summed E-state index contributed by atoms with van der Waals surface area (Å²) in [5.41, 5.74) is 8.41. The maximum atomic E-state index is 12.7. The molecule has 0 aliphatic carbocycles. The van der Waals surface area contributed by atoms with E-state index in [1.807, 2.05) is 6.20 Å². The molecule has 3 aromatic carbocycles. The lowest BCUT2D eigenvalue weighted by atomic mass is 9.89. The van der Waals surface area contributed by atoms with Gasteiger partial charge < -0.3 is 14.9 Å². The summed E-state index contributed by atoms with van der Waals surface area (Å²) >= 11 is 1.59. The molecule has 1 saturated heterocycles. The van der Waals surface area contributed by atoms with E-state index in [4.69, 9.17) is 0 Å². The van der Waals surface area contributed by atoms with Crippen molar-refractivity contribution < 1.29 is 0 Å². The van der Waals surface area contributed by atoms with Crippen LogP contribution in [-0.4, -0.2) is 35.0 Å². The standard InChI is InChI=1S/C34H31N3OS/c1-37-16-14-24(15-17-37)23-10-12-26(13-11-23)32-20-29-28(21-35-34(38)33(29)39-32)18-22-6-8-25(9-7-22)31-19-27-4-2-3-5-30(27)36-31/h2-13,19-21,24,36H,14-18H2,1H3,(H,35,38). The number of likely N-dealkylation sites (tertiary alicyclic amines) is 1. The smallest absolute Gasteiger partial charge is 0.265 e. The van der Waals surface area contributed by atoms with Gasteiger partial charge in [-0.25, -0.2) is 0 Å². The zero-order valence-corrected chi connectivity index (χ0v) is 22.9. The molecule has 0 atom stereocenters. The first-order chi connectivity index (χ1) is 19.1. The molecule has 1 fully saturated rings. The Hall–Kier alpha value is -3.93. The quantitative estimate of drug-likeness (QED) is 0.239. The van der Waals surface area contributed by atoms with Gasteiger partial charge in [-0.15, -0.1) is 11.3 Å². The van der Waals surface area contributed by atoms with Crippen LogP contribution in [0.2, 0.25) is 0 Å². The van der Waals surface area contributed by atoms with Gasteiger partial charge in [0.25, 0.3) is 5.56 Å². The summed E-state index contributed by atoms with van der Waals surface area (Å²) in [6, 6.07) is 30.5. The predicted octanol–water partition coefficient (Wildman–Crippen LogP) is 7.80. The molecule has 194 valence electrons. The Bertz CT molecular complexity index is 1780. The van der Waals surface area contributed by atoms with Gasteiger partial charge in [-0.05, 0) is 91.3 Å². The van der Waals surface area contributed by atoms with Gasteiger partial charge in [0.05, 0.1) is 0 Å². The van der Waals surface area contributed by atoms with Crippen LogP contribution in [0.1, 0.15) is 35.4 Å². The molecule has 0 radical (unpaired) electrons. The summed E-state index contributed by atoms with van der Waals surface area (Å²) in [4.78, 5) is 22.8. The molecule has 2 N–H and O–H groups in total. The van der Waals surface area contributed by atoms with Crippen LogP contribution in [0.5, 0.6) is 0 Å². The fraction of sp³-hybridized carbons (Fsp3) is 0.206. The van der Waals surface area contributed by atoms with Crippen molar-refractivity contribution in [2.24, 2.45) is 0 Å². The lowest BCUT2D eigenvalue weighted by Gasteiger charge is -2.29. The minimum absolute atomic E-state index is 0.0119. The number of benzene rings is 3. The topological polar surface area (TPSA) is 51.9 Å². The zero-order valence-electron chi connectivity index (χ0n) is 22.0. The molecule has 0 amide bonds. The van der Waals surface area contributed by atoms with E-state index in [1.165, 1.54) is 53.6 Å². The van der Waals surface area contributed by atoms with Crippen molar-refractivity contribution in [2.45, 2.75) is 25.2 Å².